The summed E-state index contributed by atoms with van der Waals surface area (Å²) in [4.78, 5) is 28.0. The van der Waals surface area contributed by atoms with Crippen LogP contribution in [0.3, 0.4) is 0 Å². The second-order valence-electron chi connectivity index (χ2n) is 9.49. The van der Waals surface area contributed by atoms with Crippen molar-refractivity contribution in [2.75, 3.05) is 17.1 Å². The highest BCUT2D eigenvalue weighted by molar-refractivity contribution is 9.10. The van der Waals surface area contributed by atoms with E-state index in [1.165, 1.54) is 11.0 Å². The molecule has 1 unspecified atom stereocenters. The molecule has 0 heterocycles. The van der Waals surface area contributed by atoms with Crippen molar-refractivity contribution in [2.45, 2.75) is 63.8 Å². The molecule has 12 heteroatoms. The molecule has 1 saturated carbocycles. The fourth-order valence-electron chi connectivity index (χ4n) is 4.39. The van der Waals surface area contributed by atoms with Crippen molar-refractivity contribution < 1.29 is 31.2 Å². The SMILES string of the molecule is CC(C(=O)NC1CCCCC1)N(Cc1ccc(Br)cc1)C(=O)CN(c1cccc(C(F)(F)F)c1)S(C)(=O)=O. The van der Waals surface area contributed by atoms with E-state index in [1.807, 2.05) is 0 Å². The lowest BCUT2D eigenvalue weighted by Crippen LogP contribution is -2.53. The molecular formula is C26H31BrF3N3O4S. The number of benzene rings is 2. The van der Waals surface area contributed by atoms with Gasteiger partial charge in [0.15, 0.2) is 0 Å². The lowest BCUT2D eigenvalue weighted by atomic mass is 9.95. The average Bonchev–Trinajstić information content (AvgIpc) is 2.86. The molecule has 1 aliphatic carbocycles. The number of carbonyl (C=O) groups is 2. The molecule has 1 aliphatic rings. The summed E-state index contributed by atoms with van der Waals surface area (Å²) in [6.07, 6.45) is 0.920. The van der Waals surface area contributed by atoms with Gasteiger partial charge in [-0.3, -0.25) is 13.9 Å². The Bertz CT molecular complexity index is 1230. The molecule has 2 amide bonds. The van der Waals surface area contributed by atoms with E-state index < -0.39 is 40.3 Å². The van der Waals surface area contributed by atoms with Crippen molar-refractivity contribution in [1.82, 2.24) is 10.2 Å². The molecule has 208 valence electrons. The summed E-state index contributed by atoms with van der Waals surface area (Å²) in [6, 6.07) is 9.91. The van der Waals surface area contributed by atoms with Crippen molar-refractivity contribution in [1.29, 1.82) is 0 Å². The Morgan fingerprint density at radius 3 is 2.29 bits per heavy atom. The first-order valence-electron chi connectivity index (χ1n) is 12.2. The molecular weight excluding hydrogens is 587 g/mol. The van der Waals surface area contributed by atoms with E-state index in [9.17, 15) is 31.2 Å². The Balaban J connectivity index is 1.90. The fourth-order valence-corrected chi connectivity index (χ4v) is 5.49. The molecule has 0 aliphatic heterocycles. The Kier molecular flexibility index (Phi) is 9.85. The lowest BCUT2D eigenvalue weighted by molar-refractivity contribution is -0.139. The van der Waals surface area contributed by atoms with Crippen LogP contribution in [0.1, 0.15) is 50.2 Å². The van der Waals surface area contributed by atoms with Gasteiger partial charge in [-0.15, -0.1) is 0 Å². The fraction of sp³-hybridized carbons (Fsp3) is 0.462. The summed E-state index contributed by atoms with van der Waals surface area (Å²) in [5, 5.41) is 2.99. The van der Waals surface area contributed by atoms with Gasteiger partial charge in [0, 0.05) is 17.1 Å². The Labute approximate surface area is 229 Å². The van der Waals surface area contributed by atoms with Gasteiger partial charge in [0.1, 0.15) is 12.6 Å². The van der Waals surface area contributed by atoms with Gasteiger partial charge in [0.25, 0.3) is 0 Å². The van der Waals surface area contributed by atoms with Crippen molar-refractivity contribution in [3.63, 3.8) is 0 Å². The number of sulfonamides is 1. The number of hydrogen-bond acceptors (Lipinski definition) is 4. The molecule has 7 nitrogen and oxygen atoms in total. The summed E-state index contributed by atoms with van der Waals surface area (Å²) in [6.45, 7) is 0.799. The second kappa shape index (κ2) is 12.5. The van der Waals surface area contributed by atoms with E-state index in [2.05, 4.69) is 21.2 Å². The molecule has 0 radical (unpaired) electrons. The molecule has 1 N–H and O–H groups in total. The monoisotopic (exact) mass is 617 g/mol. The first kappa shape index (κ1) is 29.9. The number of halogens is 4. The molecule has 0 bridgehead atoms. The minimum Gasteiger partial charge on any atom is -0.352 e. The number of hydrogen-bond donors (Lipinski definition) is 1. The van der Waals surface area contributed by atoms with Crippen LogP contribution in [0.25, 0.3) is 0 Å². The van der Waals surface area contributed by atoms with E-state index in [0.29, 0.717) is 15.9 Å². The molecule has 1 fully saturated rings. The number of carbonyl (C=O) groups excluding carboxylic acids is 2. The van der Waals surface area contributed by atoms with Crippen molar-refractivity contribution >= 4 is 43.5 Å². The van der Waals surface area contributed by atoms with Crippen LogP contribution in [-0.2, 0) is 32.3 Å². The van der Waals surface area contributed by atoms with Crippen molar-refractivity contribution in [3.8, 4) is 0 Å². The standard InChI is InChI=1S/C26H31BrF3N3O4S/c1-18(25(35)31-22-8-4-3-5-9-22)32(16-19-11-13-21(27)14-12-19)24(34)17-33(38(2,36)37)23-10-6-7-20(15-23)26(28,29)30/h6-7,10-15,18,22H,3-5,8-9,16-17H2,1-2H3,(H,31,35). The van der Waals surface area contributed by atoms with Crippen molar-refractivity contribution in [2.24, 2.45) is 0 Å². The van der Waals surface area contributed by atoms with Gasteiger partial charge in [0.2, 0.25) is 21.8 Å². The quantitative estimate of drug-likeness (QED) is 0.424. The smallest absolute Gasteiger partial charge is 0.352 e. The lowest BCUT2D eigenvalue weighted by Gasteiger charge is -2.33. The first-order valence-corrected chi connectivity index (χ1v) is 14.9. The minimum atomic E-state index is -4.69. The van der Waals surface area contributed by atoms with Crippen LogP contribution in [0, 0.1) is 0 Å². The number of anilines is 1. The summed E-state index contributed by atoms with van der Waals surface area (Å²) < 4.78 is 66.5. The zero-order valence-electron chi connectivity index (χ0n) is 21.2. The maximum atomic E-state index is 13.6. The highest BCUT2D eigenvalue weighted by Gasteiger charge is 2.34. The van der Waals surface area contributed by atoms with E-state index in [-0.39, 0.29) is 24.2 Å². The molecule has 1 atom stereocenters. The maximum Gasteiger partial charge on any atom is 0.416 e. The minimum absolute atomic E-state index is 0.000888. The van der Waals surface area contributed by atoms with Crippen LogP contribution in [0.4, 0.5) is 18.9 Å². The third kappa shape index (κ3) is 8.20. The van der Waals surface area contributed by atoms with Gasteiger partial charge in [-0.05, 0) is 55.7 Å². The van der Waals surface area contributed by atoms with E-state index in [4.69, 9.17) is 0 Å². The summed E-state index contributed by atoms with van der Waals surface area (Å²) in [5.74, 6) is -1.09. The van der Waals surface area contributed by atoms with Crippen LogP contribution in [-0.4, -0.2) is 50.0 Å². The zero-order valence-corrected chi connectivity index (χ0v) is 23.6. The van der Waals surface area contributed by atoms with Gasteiger partial charge >= 0.3 is 6.18 Å². The van der Waals surface area contributed by atoms with Crippen molar-refractivity contribution in [3.05, 3.63) is 64.1 Å². The second-order valence-corrected chi connectivity index (χ2v) is 12.3. The van der Waals surface area contributed by atoms with Gasteiger partial charge < -0.3 is 10.2 Å². The maximum absolute atomic E-state index is 13.6. The van der Waals surface area contributed by atoms with E-state index >= 15 is 0 Å². The zero-order chi connectivity index (χ0) is 28.1. The summed E-state index contributed by atoms with van der Waals surface area (Å²) >= 11 is 3.35. The van der Waals surface area contributed by atoms with E-state index in [1.54, 1.807) is 31.2 Å². The van der Waals surface area contributed by atoms with Crippen LogP contribution in [0.2, 0.25) is 0 Å². The number of amides is 2. The average molecular weight is 619 g/mol. The number of rotatable bonds is 9. The molecule has 2 aromatic carbocycles. The van der Waals surface area contributed by atoms with Gasteiger partial charge in [-0.25, -0.2) is 8.42 Å². The molecule has 38 heavy (non-hydrogen) atoms. The predicted molar refractivity (Wildman–Crippen MR) is 143 cm³/mol. The molecule has 3 rings (SSSR count). The molecule has 0 saturated heterocycles. The van der Waals surface area contributed by atoms with Crippen LogP contribution in [0.15, 0.2) is 53.0 Å². The normalized spacial score (nSPS) is 15.5. The number of nitrogens with zero attached hydrogens (tertiary/aromatic N) is 2. The predicted octanol–water partition coefficient (Wildman–Crippen LogP) is 5.10. The molecule has 2 aromatic rings. The van der Waals surface area contributed by atoms with Gasteiger partial charge in [-0.2, -0.15) is 13.2 Å². The largest absolute Gasteiger partial charge is 0.416 e. The van der Waals surface area contributed by atoms with Crippen LogP contribution >= 0.6 is 15.9 Å². The summed E-state index contributed by atoms with van der Waals surface area (Å²) in [5.41, 5.74) is -0.634. The van der Waals surface area contributed by atoms with Crippen LogP contribution < -0.4 is 9.62 Å². The Morgan fingerprint density at radius 2 is 1.71 bits per heavy atom. The third-order valence-electron chi connectivity index (χ3n) is 6.53. The Hall–Kier alpha value is -2.60. The highest BCUT2D eigenvalue weighted by atomic mass is 79.9. The van der Waals surface area contributed by atoms with E-state index in [0.717, 1.165) is 55.0 Å². The summed E-state index contributed by atoms with van der Waals surface area (Å²) in [7, 11) is -4.14. The molecule has 0 aromatic heterocycles. The molecule has 0 spiro atoms. The van der Waals surface area contributed by atoms with Gasteiger partial charge in [-0.1, -0.05) is 53.4 Å². The first-order chi connectivity index (χ1) is 17.8. The third-order valence-corrected chi connectivity index (χ3v) is 8.19. The number of nitrogens with one attached hydrogen (secondary N) is 1. The van der Waals surface area contributed by atoms with Gasteiger partial charge in [0.05, 0.1) is 17.5 Å². The van der Waals surface area contributed by atoms with Crippen LogP contribution in [0.5, 0.6) is 0 Å². The number of alkyl halides is 3. The Morgan fingerprint density at radius 1 is 1.08 bits per heavy atom. The topological polar surface area (TPSA) is 86.8 Å². The highest BCUT2D eigenvalue weighted by Crippen LogP contribution is 2.32.